The molecule has 0 atom stereocenters. The van der Waals surface area contributed by atoms with Gasteiger partial charge in [0.1, 0.15) is 0 Å². The Bertz CT molecular complexity index is 532. The molecule has 0 unspecified atom stereocenters. The van der Waals surface area contributed by atoms with Gasteiger partial charge in [0, 0.05) is 0 Å². The van der Waals surface area contributed by atoms with Gasteiger partial charge in [0.05, 0.1) is 5.56 Å². The Kier molecular flexibility index (Phi) is 3.10. The van der Waals surface area contributed by atoms with Gasteiger partial charge in [0.2, 0.25) is 0 Å². The first-order valence-corrected chi connectivity index (χ1v) is 5.24. The van der Waals surface area contributed by atoms with Gasteiger partial charge in [-0.05, 0) is 17.5 Å². The minimum Gasteiger partial charge on any atom is -0.872 e. The fourth-order valence-electron chi connectivity index (χ4n) is 1.78. The van der Waals surface area contributed by atoms with Crippen molar-refractivity contribution in [2.24, 2.45) is 0 Å². The van der Waals surface area contributed by atoms with Gasteiger partial charge in [-0.3, -0.25) is 0 Å². The number of aromatic carboxylic acids is 1. The lowest BCUT2D eigenvalue weighted by atomic mass is 9.99. The first-order chi connectivity index (χ1) is 8.18. The third-order valence-corrected chi connectivity index (χ3v) is 2.56. The van der Waals surface area contributed by atoms with Crippen molar-refractivity contribution in [3.63, 3.8) is 0 Å². The standard InChI is InChI=1S/C14H12O3/c15-12-8-4-7-11(13(12)14(16)17)9-10-5-2-1-3-6-10/h1-8,15H,9H2,(H,16,17)/p-1. The van der Waals surface area contributed by atoms with Crippen LogP contribution in [0.3, 0.4) is 0 Å². The van der Waals surface area contributed by atoms with Crippen LogP contribution in [0.1, 0.15) is 21.5 Å². The Balaban J connectivity index is 2.40. The summed E-state index contributed by atoms with van der Waals surface area (Å²) >= 11 is 0. The van der Waals surface area contributed by atoms with E-state index < -0.39 is 11.7 Å². The van der Waals surface area contributed by atoms with E-state index in [4.69, 9.17) is 5.11 Å². The molecule has 0 bridgehead atoms. The third kappa shape index (κ3) is 2.45. The van der Waals surface area contributed by atoms with Gasteiger partial charge < -0.3 is 10.2 Å². The van der Waals surface area contributed by atoms with Crippen LogP contribution in [0.4, 0.5) is 0 Å². The van der Waals surface area contributed by atoms with E-state index in [-0.39, 0.29) is 5.56 Å². The van der Waals surface area contributed by atoms with Gasteiger partial charge >= 0.3 is 5.97 Å². The van der Waals surface area contributed by atoms with Crippen molar-refractivity contribution < 1.29 is 15.0 Å². The third-order valence-electron chi connectivity index (χ3n) is 2.56. The maximum absolute atomic E-state index is 11.5. The molecule has 17 heavy (non-hydrogen) atoms. The summed E-state index contributed by atoms with van der Waals surface area (Å²) < 4.78 is 0. The average Bonchev–Trinajstić information content (AvgIpc) is 2.30. The van der Waals surface area contributed by atoms with E-state index in [9.17, 15) is 9.90 Å². The second kappa shape index (κ2) is 4.70. The van der Waals surface area contributed by atoms with Crippen molar-refractivity contribution in [2.75, 3.05) is 0 Å². The molecule has 0 radical (unpaired) electrons. The van der Waals surface area contributed by atoms with Crippen LogP contribution >= 0.6 is 0 Å². The van der Waals surface area contributed by atoms with Crippen LogP contribution in [0.25, 0.3) is 0 Å². The minimum absolute atomic E-state index is 0.128. The molecule has 0 fully saturated rings. The molecule has 0 spiro atoms. The van der Waals surface area contributed by atoms with Crippen molar-refractivity contribution in [1.29, 1.82) is 0 Å². The molecule has 3 nitrogen and oxygen atoms in total. The monoisotopic (exact) mass is 227 g/mol. The first kappa shape index (κ1) is 11.2. The summed E-state index contributed by atoms with van der Waals surface area (Å²) in [7, 11) is 0. The molecule has 0 aliphatic heterocycles. The summed E-state index contributed by atoms with van der Waals surface area (Å²) in [5, 5.41) is 20.5. The largest absolute Gasteiger partial charge is 0.872 e. The molecular weight excluding hydrogens is 216 g/mol. The predicted octanol–water partition coefficient (Wildman–Crippen LogP) is 2.05. The Labute approximate surface area is 99.0 Å². The van der Waals surface area contributed by atoms with Gasteiger partial charge in [0.25, 0.3) is 0 Å². The highest BCUT2D eigenvalue weighted by Crippen LogP contribution is 2.21. The highest BCUT2D eigenvalue weighted by molar-refractivity contribution is 5.92. The lowest BCUT2D eigenvalue weighted by Crippen LogP contribution is -2.08. The molecule has 0 heterocycles. The SMILES string of the molecule is O=C(O)c1c([O-])cccc1Cc1ccccc1. The smallest absolute Gasteiger partial charge is 0.335 e. The van der Waals surface area contributed by atoms with Gasteiger partial charge in [-0.1, -0.05) is 54.3 Å². The van der Waals surface area contributed by atoms with Gasteiger partial charge in [0.15, 0.2) is 0 Å². The zero-order valence-corrected chi connectivity index (χ0v) is 9.09. The van der Waals surface area contributed by atoms with E-state index in [1.807, 2.05) is 30.3 Å². The van der Waals surface area contributed by atoms with Crippen molar-refractivity contribution in [2.45, 2.75) is 6.42 Å². The second-order valence-corrected chi connectivity index (χ2v) is 3.76. The van der Waals surface area contributed by atoms with E-state index >= 15 is 0 Å². The molecule has 0 saturated heterocycles. The summed E-state index contributed by atoms with van der Waals surface area (Å²) in [6, 6.07) is 14.0. The van der Waals surface area contributed by atoms with Crippen LogP contribution in [0.15, 0.2) is 48.5 Å². The molecule has 2 aromatic carbocycles. The highest BCUT2D eigenvalue weighted by Gasteiger charge is 2.10. The number of carboxylic acids is 1. The molecule has 3 heteroatoms. The quantitative estimate of drug-likeness (QED) is 0.872. The highest BCUT2D eigenvalue weighted by atomic mass is 16.4. The minimum atomic E-state index is -1.17. The van der Waals surface area contributed by atoms with E-state index in [2.05, 4.69) is 0 Å². The average molecular weight is 227 g/mol. The fourth-order valence-corrected chi connectivity index (χ4v) is 1.78. The molecular formula is C14H11O3-. The lowest BCUT2D eigenvalue weighted by molar-refractivity contribution is -0.268. The summed E-state index contributed by atoms with van der Waals surface area (Å²) in [6.07, 6.45) is 0.457. The molecule has 0 aliphatic carbocycles. The van der Waals surface area contributed by atoms with E-state index in [1.54, 1.807) is 12.1 Å². The zero-order valence-electron chi connectivity index (χ0n) is 9.09. The fraction of sp³-hybridized carbons (Fsp3) is 0.0714. The van der Waals surface area contributed by atoms with Crippen LogP contribution in [-0.4, -0.2) is 11.1 Å². The van der Waals surface area contributed by atoms with Crippen LogP contribution < -0.4 is 5.11 Å². The Morgan fingerprint density at radius 1 is 1.06 bits per heavy atom. The zero-order chi connectivity index (χ0) is 12.3. The maximum atomic E-state index is 11.5. The normalized spacial score (nSPS) is 10.1. The van der Waals surface area contributed by atoms with Crippen LogP contribution in [0.2, 0.25) is 0 Å². The molecule has 0 amide bonds. The van der Waals surface area contributed by atoms with Gasteiger partial charge in [-0.2, -0.15) is 0 Å². The van der Waals surface area contributed by atoms with E-state index in [1.165, 1.54) is 6.07 Å². The van der Waals surface area contributed by atoms with Crippen molar-refractivity contribution in [3.8, 4) is 5.75 Å². The second-order valence-electron chi connectivity index (χ2n) is 3.76. The summed E-state index contributed by atoms with van der Waals surface area (Å²) in [5.41, 5.74) is 1.41. The molecule has 2 rings (SSSR count). The summed E-state index contributed by atoms with van der Waals surface area (Å²) in [4.78, 5) is 11.0. The number of carboxylic acid groups (broad SMARTS) is 1. The molecule has 0 aliphatic rings. The van der Waals surface area contributed by atoms with E-state index in [0.29, 0.717) is 12.0 Å². The summed E-state index contributed by atoms with van der Waals surface area (Å²) in [6.45, 7) is 0. The van der Waals surface area contributed by atoms with Crippen LogP contribution in [-0.2, 0) is 6.42 Å². The first-order valence-electron chi connectivity index (χ1n) is 5.24. The Morgan fingerprint density at radius 2 is 1.76 bits per heavy atom. The number of hydrogen-bond acceptors (Lipinski definition) is 2. The number of rotatable bonds is 3. The number of benzene rings is 2. The molecule has 0 saturated carbocycles. The van der Waals surface area contributed by atoms with Gasteiger partial charge in [-0.15, -0.1) is 0 Å². The summed E-state index contributed by atoms with van der Waals surface area (Å²) in [5.74, 6) is -1.60. The predicted molar refractivity (Wildman–Crippen MR) is 62.1 cm³/mol. The molecule has 86 valence electrons. The maximum Gasteiger partial charge on any atom is 0.335 e. The molecule has 0 aromatic heterocycles. The molecule has 2 aromatic rings. The number of hydrogen-bond donors (Lipinski definition) is 1. The Hall–Kier alpha value is -2.29. The Morgan fingerprint density at radius 3 is 2.41 bits per heavy atom. The van der Waals surface area contributed by atoms with Gasteiger partial charge in [-0.25, -0.2) is 4.79 Å². The van der Waals surface area contributed by atoms with Crippen molar-refractivity contribution in [3.05, 3.63) is 65.2 Å². The topological polar surface area (TPSA) is 60.4 Å². The van der Waals surface area contributed by atoms with Crippen molar-refractivity contribution >= 4 is 5.97 Å². The lowest BCUT2D eigenvalue weighted by Gasteiger charge is -2.14. The van der Waals surface area contributed by atoms with Crippen molar-refractivity contribution in [1.82, 2.24) is 0 Å². The van der Waals surface area contributed by atoms with E-state index in [0.717, 1.165) is 5.56 Å². The number of carbonyl (C=O) groups is 1. The molecule has 1 N–H and O–H groups in total. The van der Waals surface area contributed by atoms with Crippen LogP contribution in [0, 0.1) is 0 Å². The van der Waals surface area contributed by atoms with Crippen LogP contribution in [0.5, 0.6) is 5.75 Å².